The number of hydrogen-bond acceptors (Lipinski definition) is 4. The predicted octanol–water partition coefficient (Wildman–Crippen LogP) is -0.134. The van der Waals surface area contributed by atoms with Crippen molar-refractivity contribution in [3.8, 4) is 0 Å². The molecule has 3 N–H and O–H groups in total. The molecule has 0 bridgehead atoms. The van der Waals surface area contributed by atoms with Crippen molar-refractivity contribution in [3.63, 3.8) is 0 Å². The van der Waals surface area contributed by atoms with E-state index in [2.05, 4.69) is 10.4 Å². The third-order valence-electron chi connectivity index (χ3n) is 2.90. The third kappa shape index (κ3) is 2.07. The number of nitrogens with one attached hydrogen (secondary N) is 1. The minimum Gasteiger partial charge on any atom is -0.381 e. The van der Waals surface area contributed by atoms with Gasteiger partial charge in [-0.05, 0) is 12.8 Å². The topological polar surface area (TPSA) is 82.2 Å². The normalized spacial score (nSPS) is 19.4. The van der Waals surface area contributed by atoms with Gasteiger partial charge in [0.25, 0.3) is 0 Å². The summed E-state index contributed by atoms with van der Waals surface area (Å²) in [6.45, 7) is 1.07. The number of hydrogen-bond donors (Lipinski definition) is 2. The molecule has 16 heavy (non-hydrogen) atoms. The predicted molar refractivity (Wildman–Crippen MR) is 58.8 cm³/mol. The van der Waals surface area contributed by atoms with Gasteiger partial charge in [-0.2, -0.15) is 5.10 Å². The van der Waals surface area contributed by atoms with Gasteiger partial charge in [0, 0.05) is 26.3 Å². The molecule has 1 fully saturated rings. The minimum atomic E-state index is -0.817. The van der Waals surface area contributed by atoms with Crippen molar-refractivity contribution in [1.82, 2.24) is 9.78 Å². The van der Waals surface area contributed by atoms with E-state index in [1.54, 1.807) is 24.0 Å². The van der Waals surface area contributed by atoms with Crippen LogP contribution in [0.5, 0.6) is 0 Å². The van der Waals surface area contributed by atoms with Crippen LogP contribution in [0.3, 0.4) is 0 Å². The van der Waals surface area contributed by atoms with E-state index in [4.69, 9.17) is 10.5 Å². The monoisotopic (exact) mass is 224 g/mol. The van der Waals surface area contributed by atoms with Gasteiger partial charge >= 0.3 is 0 Å². The highest BCUT2D eigenvalue weighted by Crippen LogP contribution is 2.19. The van der Waals surface area contributed by atoms with Crippen LogP contribution in [-0.4, -0.2) is 34.4 Å². The largest absolute Gasteiger partial charge is 0.381 e. The fraction of sp³-hybridized carbons (Fsp3) is 0.600. The second-order valence-electron chi connectivity index (χ2n) is 4.06. The molecule has 1 aromatic rings. The molecule has 1 amide bonds. The lowest BCUT2D eigenvalue weighted by atomic mass is 9.90. The maximum Gasteiger partial charge on any atom is 0.245 e. The lowest BCUT2D eigenvalue weighted by Crippen LogP contribution is -2.54. The molecule has 2 heterocycles. The first-order valence-corrected chi connectivity index (χ1v) is 5.28. The van der Waals surface area contributed by atoms with Gasteiger partial charge in [0.2, 0.25) is 5.91 Å². The van der Waals surface area contributed by atoms with Crippen LogP contribution in [0.4, 0.5) is 5.82 Å². The molecule has 0 aliphatic carbocycles. The number of nitrogens with two attached hydrogens (primary N) is 1. The Kier molecular flexibility index (Phi) is 2.93. The summed E-state index contributed by atoms with van der Waals surface area (Å²) in [5.41, 5.74) is 5.23. The zero-order chi connectivity index (χ0) is 11.6. The van der Waals surface area contributed by atoms with Crippen molar-refractivity contribution >= 4 is 11.7 Å². The van der Waals surface area contributed by atoms with E-state index >= 15 is 0 Å². The molecule has 6 heteroatoms. The average Bonchev–Trinajstić information content (AvgIpc) is 2.65. The van der Waals surface area contributed by atoms with E-state index in [1.165, 1.54) is 0 Å². The number of carbonyl (C=O) groups excluding carboxylic acids is 1. The zero-order valence-electron chi connectivity index (χ0n) is 9.27. The Balaban J connectivity index is 2.05. The third-order valence-corrected chi connectivity index (χ3v) is 2.90. The van der Waals surface area contributed by atoms with Crippen molar-refractivity contribution in [2.75, 3.05) is 18.5 Å². The molecule has 0 aromatic carbocycles. The summed E-state index contributed by atoms with van der Waals surface area (Å²) in [6, 6.07) is 1.74. The maximum absolute atomic E-state index is 12.0. The summed E-state index contributed by atoms with van der Waals surface area (Å²) in [6.07, 6.45) is 2.73. The molecule has 0 atom stereocenters. The molecule has 6 nitrogen and oxygen atoms in total. The molecular weight excluding hydrogens is 208 g/mol. The summed E-state index contributed by atoms with van der Waals surface area (Å²) in [5.74, 6) is 0.487. The van der Waals surface area contributed by atoms with Crippen LogP contribution >= 0.6 is 0 Å². The Morgan fingerprint density at radius 3 is 2.88 bits per heavy atom. The van der Waals surface area contributed by atoms with Crippen LogP contribution in [0.25, 0.3) is 0 Å². The Hall–Kier alpha value is -1.40. The van der Waals surface area contributed by atoms with Gasteiger partial charge < -0.3 is 15.8 Å². The Bertz CT molecular complexity index is 382. The highest BCUT2D eigenvalue weighted by Gasteiger charge is 2.36. The van der Waals surface area contributed by atoms with Gasteiger partial charge in [0.1, 0.15) is 11.4 Å². The number of nitrogens with zero attached hydrogens (tertiary/aromatic N) is 2. The Labute approximate surface area is 93.8 Å². The standard InChI is InChI=1S/C10H16N4O2/c1-14-8(2-5-12-14)13-9(15)10(11)3-6-16-7-4-10/h2,5H,3-4,6-7,11H2,1H3,(H,13,15). The van der Waals surface area contributed by atoms with Crippen molar-refractivity contribution in [2.24, 2.45) is 12.8 Å². The molecule has 1 aromatic heterocycles. The van der Waals surface area contributed by atoms with Gasteiger partial charge in [-0.25, -0.2) is 0 Å². The second kappa shape index (κ2) is 4.23. The fourth-order valence-electron chi connectivity index (χ4n) is 1.70. The number of carbonyl (C=O) groups is 1. The van der Waals surface area contributed by atoms with Gasteiger partial charge in [-0.1, -0.05) is 0 Å². The van der Waals surface area contributed by atoms with E-state index in [9.17, 15) is 4.79 Å². The Morgan fingerprint density at radius 2 is 2.31 bits per heavy atom. The van der Waals surface area contributed by atoms with Gasteiger partial charge in [0.05, 0.1) is 6.20 Å². The van der Waals surface area contributed by atoms with Gasteiger partial charge in [-0.3, -0.25) is 9.48 Å². The number of anilines is 1. The second-order valence-corrected chi connectivity index (χ2v) is 4.06. The molecule has 2 rings (SSSR count). The molecule has 1 aliphatic rings. The smallest absolute Gasteiger partial charge is 0.245 e. The van der Waals surface area contributed by atoms with Crippen LogP contribution in [-0.2, 0) is 16.6 Å². The highest BCUT2D eigenvalue weighted by molar-refractivity contribution is 5.97. The molecule has 0 unspecified atom stereocenters. The quantitative estimate of drug-likeness (QED) is 0.733. The highest BCUT2D eigenvalue weighted by atomic mass is 16.5. The summed E-state index contributed by atoms with van der Waals surface area (Å²) in [4.78, 5) is 12.0. The number of aryl methyl sites for hydroxylation is 1. The molecule has 88 valence electrons. The van der Waals surface area contributed by atoms with Crippen molar-refractivity contribution in [3.05, 3.63) is 12.3 Å². The lowest BCUT2D eigenvalue weighted by molar-refractivity contribution is -0.124. The molecule has 0 saturated carbocycles. The first-order chi connectivity index (χ1) is 7.62. The van der Waals surface area contributed by atoms with Crippen LogP contribution < -0.4 is 11.1 Å². The van der Waals surface area contributed by atoms with Gasteiger partial charge in [-0.15, -0.1) is 0 Å². The number of amides is 1. The van der Waals surface area contributed by atoms with Crippen LogP contribution in [0.15, 0.2) is 12.3 Å². The molecule has 0 spiro atoms. The maximum atomic E-state index is 12.0. The van der Waals surface area contributed by atoms with Crippen molar-refractivity contribution < 1.29 is 9.53 Å². The first-order valence-electron chi connectivity index (χ1n) is 5.28. The SMILES string of the molecule is Cn1nccc1NC(=O)C1(N)CCOCC1. The van der Waals surface area contributed by atoms with E-state index in [1.807, 2.05) is 0 Å². The van der Waals surface area contributed by atoms with Crippen LogP contribution in [0.1, 0.15) is 12.8 Å². The van der Waals surface area contributed by atoms with Crippen molar-refractivity contribution in [2.45, 2.75) is 18.4 Å². The average molecular weight is 224 g/mol. The van der Waals surface area contributed by atoms with Crippen LogP contribution in [0, 0.1) is 0 Å². The van der Waals surface area contributed by atoms with E-state index in [-0.39, 0.29) is 5.91 Å². The fourth-order valence-corrected chi connectivity index (χ4v) is 1.70. The molecule has 1 saturated heterocycles. The molecule has 1 aliphatic heterocycles. The van der Waals surface area contributed by atoms with E-state index < -0.39 is 5.54 Å². The van der Waals surface area contributed by atoms with E-state index in [0.29, 0.717) is 31.9 Å². The van der Waals surface area contributed by atoms with E-state index in [0.717, 1.165) is 0 Å². The number of ether oxygens (including phenoxy) is 1. The Morgan fingerprint density at radius 1 is 1.62 bits per heavy atom. The van der Waals surface area contributed by atoms with Crippen molar-refractivity contribution in [1.29, 1.82) is 0 Å². The van der Waals surface area contributed by atoms with Crippen LogP contribution in [0.2, 0.25) is 0 Å². The molecule has 0 radical (unpaired) electrons. The zero-order valence-corrected chi connectivity index (χ0v) is 9.27. The minimum absolute atomic E-state index is 0.167. The summed E-state index contributed by atoms with van der Waals surface area (Å²) in [7, 11) is 1.77. The first kappa shape index (κ1) is 11.1. The molecular formula is C10H16N4O2. The lowest BCUT2D eigenvalue weighted by Gasteiger charge is -2.31. The summed E-state index contributed by atoms with van der Waals surface area (Å²) < 4.78 is 6.79. The van der Waals surface area contributed by atoms with Gasteiger partial charge in [0.15, 0.2) is 0 Å². The number of rotatable bonds is 2. The summed E-state index contributed by atoms with van der Waals surface area (Å²) >= 11 is 0. The number of aromatic nitrogens is 2. The summed E-state index contributed by atoms with van der Waals surface area (Å²) in [5, 5.41) is 6.76.